The Morgan fingerprint density at radius 1 is 1.04 bits per heavy atom. The molecule has 1 aromatic rings. The molecule has 5 amide bonds. The van der Waals surface area contributed by atoms with Crippen LogP contribution >= 0.6 is 0 Å². The van der Waals surface area contributed by atoms with Gasteiger partial charge in [0.2, 0.25) is 5.91 Å². The fraction of sp³-hybridized carbons (Fsp3) is 0.474. The summed E-state index contributed by atoms with van der Waals surface area (Å²) >= 11 is 0. The highest BCUT2D eigenvalue weighted by molar-refractivity contribution is 6.45. The van der Waals surface area contributed by atoms with E-state index in [1.807, 2.05) is 19.9 Å². The van der Waals surface area contributed by atoms with Crippen LogP contribution in [-0.2, 0) is 20.8 Å². The molecule has 28 heavy (non-hydrogen) atoms. The van der Waals surface area contributed by atoms with E-state index in [0.717, 1.165) is 10.5 Å². The summed E-state index contributed by atoms with van der Waals surface area (Å²) in [5, 5.41) is 2.65. The molecule has 9 heteroatoms. The fourth-order valence-electron chi connectivity index (χ4n) is 2.80. The predicted octanol–water partition coefficient (Wildman–Crippen LogP) is 0.809. The molecule has 1 saturated heterocycles. The van der Waals surface area contributed by atoms with Crippen LogP contribution in [-0.4, -0.2) is 67.4 Å². The highest BCUT2D eigenvalue weighted by Crippen LogP contribution is 2.27. The predicted molar refractivity (Wildman–Crippen MR) is 99.9 cm³/mol. The van der Waals surface area contributed by atoms with E-state index in [4.69, 9.17) is 9.47 Å². The largest absolute Gasteiger partial charge is 0.493 e. The number of amides is 5. The standard InChI is InChI=1S/C19H25N3O6/c1-12(2)10-21-17(24)18(25)22(19(21)26)11-16(23)20-8-7-13-5-6-14(27-3)15(9-13)28-4/h5-6,9,12H,7-8,10-11H2,1-4H3,(H,20,23). The topological polar surface area (TPSA) is 105 Å². The SMILES string of the molecule is COc1ccc(CCNC(=O)CN2C(=O)C(=O)N(CC(C)C)C2=O)cc1OC. The Morgan fingerprint density at radius 3 is 2.29 bits per heavy atom. The van der Waals surface area contributed by atoms with E-state index in [1.54, 1.807) is 19.2 Å². The number of methoxy groups -OCH3 is 2. The first kappa shape index (κ1) is 21.2. The smallest absolute Gasteiger partial charge is 0.334 e. The third-order valence-corrected chi connectivity index (χ3v) is 4.17. The molecule has 152 valence electrons. The van der Waals surface area contributed by atoms with Crippen LogP contribution in [0, 0.1) is 5.92 Å². The average Bonchev–Trinajstić information content (AvgIpc) is 2.85. The number of urea groups is 1. The molecule has 1 N–H and O–H groups in total. The summed E-state index contributed by atoms with van der Waals surface area (Å²) in [5.74, 6) is -1.16. The third kappa shape index (κ3) is 4.79. The first-order chi connectivity index (χ1) is 13.3. The summed E-state index contributed by atoms with van der Waals surface area (Å²) in [7, 11) is 3.09. The van der Waals surface area contributed by atoms with Crippen molar-refractivity contribution in [1.29, 1.82) is 0 Å². The maximum atomic E-state index is 12.2. The molecule has 0 atom stereocenters. The number of rotatable bonds is 9. The van der Waals surface area contributed by atoms with Crippen molar-refractivity contribution in [3.8, 4) is 11.5 Å². The minimum atomic E-state index is -0.972. The zero-order valence-electron chi connectivity index (χ0n) is 16.5. The van der Waals surface area contributed by atoms with Gasteiger partial charge >= 0.3 is 17.8 Å². The summed E-state index contributed by atoms with van der Waals surface area (Å²) in [4.78, 5) is 49.8. The van der Waals surface area contributed by atoms with Gasteiger partial charge in [-0.15, -0.1) is 0 Å². The third-order valence-electron chi connectivity index (χ3n) is 4.17. The van der Waals surface area contributed by atoms with Gasteiger partial charge in [0.25, 0.3) is 0 Å². The van der Waals surface area contributed by atoms with Gasteiger partial charge in [0.05, 0.1) is 14.2 Å². The van der Waals surface area contributed by atoms with Gasteiger partial charge in [0, 0.05) is 13.1 Å². The van der Waals surface area contributed by atoms with Crippen molar-refractivity contribution < 1.29 is 28.7 Å². The van der Waals surface area contributed by atoms with Gasteiger partial charge in [-0.05, 0) is 30.0 Å². The first-order valence-electron chi connectivity index (χ1n) is 8.93. The number of carbonyl (C=O) groups excluding carboxylic acids is 4. The Morgan fingerprint density at radius 2 is 1.68 bits per heavy atom. The zero-order valence-corrected chi connectivity index (χ0v) is 16.5. The molecule has 0 saturated carbocycles. The number of nitrogens with one attached hydrogen (secondary N) is 1. The van der Waals surface area contributed by atoms with Crippen molar-refractivity contribution in [1.82, 2.24) is 15.1 Å². The lowest BCUT2D eigenvalue weighted by Gasteiger charge is -2.16. The second-order valence-electron chi connectivity index (χ2n) is 6.77. The molecule has 1 aliphatic heterocycles. The normalized spacial score (nSPS) is 14.1. The summed E-state index contributed by atoms with van der Waals surface area (Å²) < 4.78 is 10.4. The molecule has 0 spiro atoms. The van der Waals surface area contributed by atoms with E-state index in [2.05, 4.69) is 5.32 Å². The Labute approximate surface area is 163 Å². The van der Waals surface area contributed by atoms with Crippen molar-refractivity contribution in [2.24, 2.45) is 5.92 Å². The van der Waals surface area contributed by atoms with Gasteiger partial charge in [0.1, 0.15) is 6.54 Å². The molecule has 1 aliphatic rings. The number of ether oxygens (including phenoxy) is 2. The van der Waals surface area contributed by atoms with Crippen LogP contribution < -0.4 is 14.8 Å². The van der Waals surface area contributed by atoms with Gasteiger partial charge in [0.15, 0.2) is 11.5 Å². The molecule has 0 radical (unpaired) electrons. The molecular weight excluding hydrogens is 366 g/mol. The van der Waals surface area contributed by atoms with Crippen LogP contribution in [0.15, 0.2) is 18.2 Å². The second-order valence-corrected chi connectivity index (χ2v) is 6.77. The van der Waals surface area contributed by atoms with Crippen LogP contribution in [0.3, 0.4) is 0 Å². The van der Waals surface area contributed by atoms with Crippen molar-refractivity contribution in [2.45, 2.75) is 20.3 Å². The molecule has 0 bridgehead atoms. The van der Waals surface area contributed by atoms with Gasteiger partial charge in [-0.3, -0.25) is 19.3 Å². The zero-order chi connectivity index (χ0) is 20.8. The number of carbonyl (C=O) groups is 4. The first-order valence-corrected chi connectivity index (χ1v) is 8.93. The van der Waals surface area contributed by atoms with Gasteiger partial charge in [-0.1, -0.05) is 19.9 Å². The number of imide groups is 2. The Hall–Kier alpha value is -3.10. The van der Waals surface area contributed by atoms with E-state index in [0.29, 0.717) is 29.4 Å². The monoisotopic (exact) mass is 391 g/mol. The van der Waals surface area contributed by atoms with Gasteiger partial charge in [-0.25, -0.2) is 9.69 Å². The van der Waals surface area contributed by atoms with Crippen LogP contribution in [0.5, 0.6) is 11.5 Å². The minimum absolute atomic E-state index is 0.0240. The highest BCUT2D eigenvalue weighted by atomic mass is 16.5. The number of hydrogen-bond donors (Lipinski definition) is 1. The van der Waals surface area contributed by atoms with E-state index < -0.39 is 30.3 Å². The maximum absolute atomic E-state index is 12.2. The minimum Gasteiger partial charge on any atom is -0.493 e. The van der Waals surface area contributed by atoms with Crippen molar-refractivity contribution in [2.75, 3.05) is 33.9 Å². The highest BCUT2D eigenvalue weighted by Gasteiger charge is 2.45. The van der Waals surface area contributed by atoms with E-state index in [1.165, 1.54) is 7.11 Å². The summed E-state index contributed by atoms with van der Waals surface area (Å²) in [6.45, 7) is 3.61. The number of benzene rings is 1. The summed E-state index contributed by atoms with van der Waals surface area (Å²) in [6, 6.07) is 4.68. The molecule has 9 nitrogen and oxygen atoms in total. The van der Waals surface area contributed by atoms with Crippen LogP contribution in [0.2, 0.25) is 0 Å². The van der Waals surface area contributed by atoms with Gasteiger partial charge < -0.3 is 14.8 Å². The fourth-order valence-corrected chi connectivity index (χ4v) is 2.80. The van der Waals surface area contributed by atoms with Crippen LogP contribution in [0.25, 0.3) is 0 Å². The average molecular weight is 391 g/mol. The maximum Gasteiger partial charge on any atom is 0.334 e. The lowest BCUT2D eigenvalue weighted by molar-refractivity contribution is -0.144. The molecule has 0 aromatic heterocycles. The van der Waals surface area contributed by atoms with Crippen molar-refractivity contribution in [3.05, 3.63) is 23.8 Å². The molecular formula is C19H25N3O6. The molecule has 1 fully saturated rings. The lowest BCUT2D eigenvalue weighted by Crippen LogP contribution is -2.42. The molecule has 0 aliphatic carbocycles. The van der Waals surface area contributed by atoms with Crippen LogP contribution in [0.1, 0.15) is 19.4 Å². The van der Waals surface area contributed by atoms with E-state index in [9.17, 15) is 19.2 Å². The Balaban J connectivity index is 1.88. The van der Waals surface area contributed by atoms with Crippen LogP contribution in [0.4, 0.5) is 4.79 Å². The summed E-state index contributed by atoms with van der Waals surface area (Å²) in [5.41, 5.74) is 0.921. The Kier molecular flexibility index (Phi) is 6.97. The molecule has 2 rings (SSSR count). The summed E-state index contributed by atoms with van der Waals surface area (Å²) in [6.07, 6.45) is 0.520. The quantitative estimate of drug-likeness (QED) is 0.493. The molecule has 1 aromatic carbocycles. The molecule has 0 unspecified atom stereocenters. The van der Waals surface area contributed by atoms with E-state index >= 15 is 0 Å². The Bertz CT molecular complexity index is 777. The second kappa shape index (κ2) is 9.20. The van der Waals surface area contributed by atoms with Crippen molar-refractivity contribution >= 4 is 23.8 Å². The number of hydrogen-bond acceptors (Lipinski definition) is 6. The number of nitrogens with zero attached hydrogens (tertiary/aromatic N) is 2. The van der Waals surface area contributed by atoms with Gasteiger partial charge in [-0.2, -0.15) is 0 Å². The lowest BCUT2D eigenvalue weighted by atomic mass is 10.1. The molecule has 1 heterocycles. The van der Waals surface area contributed by atoms with E-state index in [-0.39, 0.29) is 12.5 Å². The van der Waals surface area contributed by atoms with Crippen molar-refractivity contribution in [3.63, 3.8) is 0 Å².